The largest absolute Gasteiger partial charge is 0.478 e. The topological polar surface area (TPSA) is 74.2 Å². The number of nitrogens with one attached hydrogen (secondary N) is 2. The van der Waals surface area contributed by atoms with Gasteiger partial charge in [0.05, 0.1) is 11.4 Å². The van der Waals surface area contributed by atoms with Gasteiger partial charge < -0.3 is 15.7 Å². The number of hydrogen-bond donors (Lipinski definition) is 3. The maximum absolute atomic E-state index is 13.9. The van der Waals surface area contributed by atoms with Gasteiger partial charge in [-0.25, -0.2) is 14.2 Å². The quantitative estimate of drug-likeness (QED) is 0.770. The summed E-state index contributed by atoms with van der Waals surface area (Å²) in [6, 6.07) is 4.54. The Labute approximate surface area is 131 Å². The third-order valence-electron chi connectivity index (χ3n) is 2.87. The molecule has 0 saturated heterocycles. The Morgan fingerprint density at radius 3 is 2.82 bits per heavy atom. The lowest BCUT2D eigenvalue weighted by molar-refractivity contribution is 0.0697. The van der Waals surface area contributed by atoms with Crippen LogP contribution in [0.2, 0.25) is 5.02 Å². The molecule has 0 radical (unpaired) electrons. The van der Waals surface area contributed by atoms with Crippen molar-refractivity contribution in [2.75, 3.05) is 10.6 Å². The van der Waals surface area contributed by atoms with E-state index in [2.05, 4.69) is 22.2 Å². The second kappa shape index (κ2) is 6.44. The Balaban J connectivity index is 2.53. The minimum absolute atomic E-state index is 0.0276. The predicted octanol–water partition coefficient (Wildman–Crippen LogP) is 4.18. The van der Waals surface area contributed by atoms with E-state index >= 15 is 0 Å². The van der Waals surface area contributed by atoms with Gasteiger partial charge in [-0.05, 0) is 30.8 Å². The van der Waals surface area contributed by atoms with E-state index in [0.717, 1.165) is 11.8 Å². The Hall–Kier alpha value is -2.60. The van der Waals surface area contributed by atoms with Crippen LogP contribution in [0, 0.1) is 12.7 Å². The summed E-state index contributed by atoms with van der Waals surface area (Å²) < 4.78 is 13.9. The van der Waals surface area contributed by atoms with Crippen LogP contribution in [0.4, 0.5) is 21.6 Å². The molecule has 0 aliphatic carbocycles. The molecule has 0 aliphatic rings. The van der Waals surface area contributed by atoms with Gasteiger partial charge in [-0.15, -0.1) is 0 Å². The van der Waals surface area contributed by atoms with E-state index in [1.807, 2.05) is 0 Å². The molecule has 1 aromatic carbocycles. The number of carboxylic acid groups (broad SMARTS) is 1. The average molecular weight is 322 g/mol. The summed E-state index contributed by atoms with van der Waals surface area (Å²) in [5.74, 6) is -1.52. The van der Waals surface area contributed by atoms with Gasteiger partial charge in [0.2, 0.25) is 0 Å². The fourth-order valence-corrected chi connectivity index (χ4v) is 2.08. The summed E-state index contributed by atoms with van der Waals surface area (Å²) in [4.78, 5) is 15.2. The molecular weight excluding hydrogens is 309 g/mol. The van der Waals surface area contributed by atoms with Gasteiger partial charge in [0, 0.05) is 6.20 Å². The number of pyridine rings is 1. The van der Waals surface area contributed by atoms with Crippen LogP contribution < -0.4 is 10.6 Å². The molecule has 7 heteroatoms. The van der Waals surface area contributed by atoms with Crippen molar-refractivity contribution in [3.05, 3.63) is 59.1 Å². The van der Waals surface area contributed by atoms with Crippen molar-refractivity contribution in [1.29, 1.82) is 0 Å². The molecular formula is C15H13ClFN3O2. The molecule has 3 N–H and O–H groups in total. The molecule has 0 aliphatic heterocycles. The van der Waals surface area contributed by atoms with Crippen LogP contribution in [0.1, 0.15) is 15.9 Å². The smallest absolute Gasteiger partial charge is 0.339 e. The van der Waals surface area contributed by atoms with Crippen molar-refractivity contribution < 1.29 is 14.3 Å². The lowest BCUT2D eigenvalue weighted by atomic mass is 10.2. The number of anilines is 3. The van der Waals surface area contributed by atoms with Crippen LogP contribution in [0.15, 0.2) is 37.2 Å². The lowest BCUT2D eigenvalue weighted by Crippen LogP contribution is -2.07. The predicted molar refractivity (Wildman–Crippen MR) is 84.4 cm³/mol. The molecule has 0 spiro atoms. The zero-order valence-electron chi connectivity index (χ0n) is 11.7. The molecule has 1 heterocycles. The van der Waals surface area contributed by atoms with Crippen molar-refractivity contribution in [2.24, 2.45) is 0 Å². The molecule has 2 aromatic rings. The maximum atomic E-state index is 13.9. The van der Waals surface area contributed by atoms with Crippen molar-refractivity contribution in [2.45, 2.75) is 6.92 Å². The molecule has 22 heavy (non-hydrogen) atoms. The first kappa shape index (κ1) is 15.8. The highest BCUT2D eigenvalue weighted by atomic mass is 35.5. The summed E-state index contributed by atoms with van der Waals surface area (Å²) in [7, 11) is 0. The van der Waals surface area contributed by atoms with Gasteiger partial charge in [-0.3, -0.25) is 0 Å². The zero-order valence-corrected chi connectivity index (χ0v) is 12.4. The first-order valence-electron chi connectivity index (χ1n) is 6.26. The summed E-state index contributed by atoms with van der Waals surface area (Å²) >= 11 is 6.15. The van der Waals surface area contributed by atoms with Crippen molar-refractivity contribution in [3.63, 3.8) is 0 Å². The Bertz CT molecular complexity index is 750. The molecule has 0 fully saturated rings. The minimum Gasteiger partial charge on any atom is -0.478 e. The van der Waals surface area contributed by atoms with E-state index in [1.54, 1.807) is 13.0 Å². The maximum Gasteiger partial charge on any atom is 0.339 e. The van der Waals surface area contributed by atoms with Crippen LogP contribution >= 0.6 is 11.6 Å². The number of carbonyl (C=O) groups is 1. The lowest BCUT2D eigenvalue weighted by Gasteiger charge is -2.14. The first-order valence-corrected chi connectivity index (χ1v) is 6.64. The highest BCUT2D eigenvalue weighted by molar-refractivity contribution is 6.36. The van der Waals surface area contributed by atoms with Gasteiger partial charge in [0.25, 0.3) is 0 Å². The normalized spacial score (nSPS) is 10.1. The van der Waals surface area contributed by atoms with Crippen LogP contribution in [0.3, 0.4) is 0 Å². The molecule has 0 atom stereocenters. The first-order chi connectivity index (χ1) is 10.4. The molecule has 2 rings (SSSR count). The number of aryl methyl sites for hydroxylation is 1. The van der Waals surface area contributed by atoms with E-state index in [4.69, 9.17) is 11.6 Å². The van der Waals surface area contributed by atoms with E-state index < -0.39 is 11.8 Å². The molecule has 0 amide bonds. The molecule has 114 valence electrons. The number of rotatable bonds is 5. The van der Waals surface area contributed by atoms with Crippen molar-refractivity contribution in [1.82, 2.24) is 4.98 Å². The van der Waals surface area contributed by atoms with Gasteiger partial charge >= 0.3 is 5.97 Å². The highest BCUT2D eigenvalue weighted by Gasteiger charge is 2.19. The van der Waals surface area contributed by atoms with Gasteiger partial charge in [0.15, 0.2) is 5.82 Å². The monoisotopic (exact) mass is 321 g/mol. The third-order valence-corrected chi connectivity index (χ3v) is 3.24. The number of carboxylic acids is 1. The summed E-state index contributed by atoms with van der Waals surface area (Å²) in [6.07, 6.45) is 2.49. The zero-order chi connectivity index (χ0) is 16.3. The molecule has 5 nitrogen and oxygen atoms in total. The van der Waals surface area contributed by atoms with Crippen LogP contribution in [-0.2, 0) is 0 Å². The molecule has 1 aromatic heterocycles. The van der Waals surface area contributed by atoms with Crippen LogP contribution in [0.25, 0.3) is 0 Å². The Morgan fingerprint density at radius 2 is 2.23 bits per heavy atom. The van der Waals surface area contributed by atoms with Crippen LogP contribution in [-0.4, -0.2) is 16.1 Å². The SMILES string of the molecule is C=CNc1ncc(C(=O)O)c(Nc2ccc(C)cc2F)c1Cl. The standard InChI is InChI=1S/C15H13ClFN3O2/c1-3-18-14-12(16)13(9(7-19-14)15(21)22)20-11-5-4-8(2)6-10(11)17/h3-7H,1H2,2H3,(H,21,22)(H2,18,19,20). The number of hydrogen-bond acceptors (Lipinski definition) is 4. The van der Waals surface area contributed by atoms with Crippen molar-refractivity contribution in [3.8, 4) is 0 Å². The number of benzene rings is 1. The summed E-state index contributed by atoms with van der Waals surface area (Å²) in [5.41, 5.74) is 0.748. The van der Waals surface area contributed by atoms with Gasteiger partial charge in [-0.1, -0.05) is 24.2 Å². The van der Waals surface area contributed by atoms with Crippen LogP contribution in [0.5, 0.6) is 0 Å². The fourth-order valence-electron chi connectivity index (χ4n) is 1.82. The second-order valence-electron chi connectivity index (χ2n) is 4.47. The Morgan fingerprint density at radius 1 is 1.50 bits per heavy atom. The third kappa shape index (κ3) is 3.17. The number of aromatic carboxylic acids is 1. The Kier molecular flexibility index (Phi) is 4.62. The summed E-state index contributed by atoms with van der Waals surface area (Å²) in [5, 5.41) is 14.7. The average Bonchev–Trinajstić information content (AvgIpc) is 2.45. The molecule has 0 saturated carbocycles. The number of nitrogens with zero attached hydrogens (tertiary/aromatic N) is 1. The summed E-state index contributed by atoms with van der Waals surface area (Å²) in [6.45, 7) is 5.24. The molecule has 0 unspecified atom stereocenters. The van der Waals surface area contributed by atoms with E-state index in [0.29, 0.717) is 0 Å². The van der Waals surface area contributed by atoms with E-state index in [-0.39, 0.29) is 27.8 Å². The van der Waals surface area contributed by atoms with E-state index in [9.17, 15) is 14.3 Å². The second-order valence-corrected chi connectivity index (χ2v) is 4.85. The number of halogens is 2. The minimum atomic E-state index is -1.23. The van der Waals surface area contributed by atoms with Gasteiger partial charge in [-0.2, -0.15) is 0 Å². The number of aromatic nitrogens is 1. The van der Waals surface area contributed by atoms with E-state index in [1.165, 1.54) is 18.3 Å². The highest BCUT2D eigenvalue weighted by Crippen LogP contribution is 2.34. The van der Waals surface area contributed by atoms with Crippen molar-refractivity contribution >= 4 is 34.8 Å². The fraction of sp³-hybridized carbons (Fsp3) is 0.0667. The van der Waals surface area contributed by atoms with Gasteiger partial charge in [0.1, 0.15) is 16.4 Å². The molecule has 0 bridgehead atoms.